The summed E-state index contributed by atoms with van der Waals surface area (Å²) >= 11 is 3.40. The van der Waals surface area contributed by atoms with E-state index in [-0.39, 0.29) is 5.97 Å². The van der Waals surface area contributed by atoms with Gasteiger partial charge in [0, 0.05) is 34.7 Å². The molecule has 4 nitrogen and oxygen atoms in total. The highest BCUT2D eigenvalue weighted by Crippen LogP contribution is 2.31. The van der Waals surface area contributed by atoms with Crippen LogP contribution in [0.1, 0.15) is 42.5 Å². The van der Waals surface area contributed by atoms with Crippen molar-refractivity contribution in [3.63, 3.8) is 0 Å². The first kappa shape index (κ1) is 16.0. The molecule has 0 bridgehead atoms. The van der Waals surface area contributed by atoms with Crippen LogP contribution in [0.5, 0.6) is 0 Å². The number of halogens is 1. The second-order valence-corrected chi connectivity index (χ2v) is 6.19. The summed E-state index contributed by atoms with van der Waals surface area (Å²) in [4.78, 5) is 24.8. The molecule has 0 aromatic heterocycles. The van der Waals surface area contributed by atoms with E-state index in [4.69, 9.17) is 0 Å². The molecule has 0 spiro atoms. The number of carbonyl (C=O) groups excluding carboxylic acids is 2. The lowest BCUT2D eigenvalue weighted by Crippen LogP contribution is -2.30. The number of rotatable bonds is 6. The molecule has 1 fully saturated rings. The van der Waals surface area contributed by atoms with E-state index in [2.05, 4.69) is 25.6 Å². The van der Waals surface area contributed by atoms with Crippen LogP contribution in [0.25, 0.3) is 0 Å². The van der Waals surface area contributed by atoms with E-state index in [1.54, 1.807) is 0 Å². The van der Waals surface area contributed by atoms with Crippen molar-refractivity contribution < 1.29 is 14.3 Å². The number of ether oxygens (including phenoxy) is 1. The highest BCUT2D eigenvalue weighted by molar-refractivity contribution is 9.10. The molecule has 1 atom stereocenters. The molecule has 2 rings (SSSR count). The molecule has 1 aromatic rings. The second kappa shape index (κ2) is 7.59. The van der Waals surface area contributed by atoms with Crippen LogP contribution in [-0.2, 0) is 9.53 Å². The van der Waals surface area contributed by atoms with Crippen LogP contribution in [0.4, 0.5) is 5.69 Å². The van der Waals surface area contributed by atoms with Crippen LogP contribution in [0.3, 0.4) is 0 Å². The third-order valence-corrected chi connectivity index (χ3v) is 4.44. The lowest BCUT2D eigenvalue weighted by atomic mass is 10.1. The molecular formula is C16H20BrNO3. The molecule has 1 unspecified atom stereocenters. The molecule has 0 radical (unpaired) electrons. The summed E-state index contributed by atoms with van der Waals surface area (Å²) in [5.74, 6) is -0.156. The Hall–Kier alpha value is -1.36. The minimum atomic E-state index is -0.156. The largest absolute Gasteiger partial charge is 0.469 e. The number of esters is 1. The van der Waals surface area contributed by atoms with Crippen molar-refractivity contribution in [3.8, 4) is 0 Å². The quantitative estimate of drug-likeness (QED) is 0.579. The van der Waals surface area contributed by atoms with Crippen LogP contribution in [0.15, 0.2) is 22.7 Å². The third-order valence-electron chi connectivity index (χ3n) is 3.95. The van der Waals surface area contributed by atoms with Gasteiger partial charge in [-0.05, 0) is 43.9 Å². The maximum Gasteiger partial charge on any atom is 0.305 e. The molecule has 5 heteroatoms. The maximum absolute atomic E-state index is 11.3. The number of benzene rings is 1. The van der Waals surface area contributed by atoms with E-state index in [9.17, 15) is 9.59 Å². The number of nitrogens with zero attached hydrogens (tertiary/aromatic N) is 1. The fourth-order valence-electron chi connectivity index (χ4n) is 2.92. The zero-order valence-electron chi connectivity index (χ0n) is 12.2. The van der Waals surface area contributed by atoms with Gasteiger partial charge < -0.3 is 9.64 Å². The molecule has 1 aromatic carbocycles. The Kier molecular flexibility index (Phi) is 5.79. The van der Waals surface area contributed by atoms with Crippen LogP contribution < -0.4 is 4.90 Å². The lowest BCUT2D eigenvalue weighted by molar-refractivity contribution is -0.140. The smallest absolute Gasteiger partial charge is 0.305 e. The topological polar surface area (TPSA) is 46.6 Å². The van der Waals surface area contributed by atoms with E-state index in [0.29, 0.717) is 18.0 Å². The van der Waals surface area contributed by atoms with E-state index < -0.39 is 0 Å². The number of hydrogen-bond acceptors (Lipinski definition) is 4. The number of anilines is 1. The van der Waals surface area contributed by atoms with Crippen LogP contribution in [0, 0.1) is 0 Å². The Balaban J connectivity index is 2.04. The van der Waals surface area contributed by atoms with Crippen molar-refractivity contribution in [3.05, 3.63) is 28.2 Å². The van der Waals surface area contributed by atoms with Gasteiger partial charge in [0.2, 0.25) is 0 Å². The van der Waals surface area contributed by atoms with Gasteiger partial charge in [0.25, 0.3) is 0 Å². The third kappa shape index (κ3) is 4.06. The normalized spacial score (nSPS) is 17.8. The van der Waals surface area contributed by atoms with Crippen molar-refractivity contribution in [2.75, 3.05) is 18.6 Å². The Labute approximate surface area is 133 Å². The van der Waals surface area contributed by atoms with Gasteiger partial charge in [-0.25, -0.2) is 0 Å². The van der Waals surface area contributed by atoms with Gasteiger partial charge in [-0.3, -0.25) is 9.59 Å². The Morgan fingerprint density at radius 2 is 2.33 bits per heavy atom. The summed E-state index contributed by atoms with van der Waals surface area (Å²) in [6, 6.07) is 6.21. The van der Waals surface area contributed by atoms with Crippen molar-refractivity contribution in [2.24, 2.45) is 0 Å². The van der Waals surface area contributed by atoms with Gasteiger partial charge in [0.1, 0.15) is 0 Å². The Bertz CT molecular complexity index is 518. The Morgan fingerprint density at radius 3 is 3.05 bits per heavy atom. The van der Waals surface area contributed by atoms with Crippen LogP contribution in [0.2, 0.25) is 0 Å². The van der Waals surface area contributed by atoms with E-state index in [1.807, 2.05) is 18.2 Å². The zero-order chi connectivity index (χ0) is 15.2. The summed E-state index contributed by atoms with van der Waals surface area (Å²) in [7, 11) is 1.42. The summed E-state index contributed by atoms with van der Waals surface area (Å²) in [6.07, 6.45) is 5.36. The summed E-state index contributed by atoms with van der Waals surface area (Å²) < 4.78 is 5.58. The molecule has 0 aliphatic carbocycles. The number of hydrogen-bond donors (Lipinski definition) is 0. The number of methoxy groups -OCH3 is 1. The summed E-state index contributed by atoms with van der Waals surface area (Å²) in [5.41, 5.74) is 1.71. The van der Waals surface area contributed by atoms with Crippen molar-refractivity contribution >= 4 is 33.9 Å². The Morgan fingerprint density at radius 1 is 1.52 bits per heavy atom. The molecule has 1 aliphatic rings. The first-order valence-electron chi connectivity index (χ1n) is 7.24. The van der Waals surface area contributed by atoms with Crippen molar-refractivity contribution in [2.45, 2.75) is 38.1 Å². The average molecular weight is 354 g/mol. The highest BCUT2D eigenvalue weighted by Gasteiger charge is 2.26. The number of aldehydes is 1. The molecular weight excluding hydrogens is 334 g/mol. The molecule has 0 N–H and O–H groups in total. The monoisotopic (exact) mass is 353 g/mol. The molecule has 0 saturated carbocycles. The predicted molar refractivity (Wildman–Crippen MR) is 85.8 cm³/mol. The van der Waals surface area contributed by atoms with Gasteiger partial charge >= 0.3 is 5.97 Å². The standard InChI is InChI=1S/C16H20BrNO3/c1-21-16(20)6-2-4-14-5-3-9-18(14)15-8-7-13(17)10-12(15)11-19/h7-8,10-11,14H,2-6,9H2,1H3. The van der Waals surface area contributed by atoms with Gasteiger partial charge in [-0.15, -0.1) is 0 Å². The first-order chi connectivity index (χ1) is 10.2. The minimum absolute atomic E-state index is 0.156. The van der Waals surface area contributed by atoms with Gasteiger partial charge in [-0.2, -0.15) is 0 Å². The fraction of sp³-hybridized carbons (Fsp3) is 0.500. The highest BCUT2D eigenvalue weighted by atomic mass is 79.9. The van der Waals surface area contributed by atoms with Crippen molar-refractivity contribution in [1.29, 1.82) is 0 Å². The summed E-state index contributed by atoms with van der Waals surface area (Å²) in [5, 5.41) is 0. The van der Waals surface area contributed by atoms with E-state index in [1.165, 1.54) is 7.11 Å². The van der Waals surface area contributed by atoms with Gasteiger partial charge in [0.15, 0.2) is 6.29 Å². The molecule has 1 heterocycles. The average Bonchev–Trinajstić information content (AvgIpc) is 2.95. The minimum Gasteiger partial charge on any atom is -0.469 e. The number of carbonyl (C=O) groups is 2. The van der Waals surface area contributed by atoms with Crippen LogP contribution >= 0.6 is 15.9 Å². The van der Waals surface area contributed by atoms with E-state index >= 15 is 0 Å². The second-order valence-electron chi connectivity index (χ2n) is 5.28. The predicted octanol–water partition coefficient (Wildman–Crippen LogP) is 3.57. The molecule has 1 saturated heterocycles. The van der Waals surface area contributed by atoms with Gasteiger partial charge in [-0.1, -0.05) is 15.9 Å². The first-order valence-corrected chi connectivity index (χ1v) is 8.03. The van der Waals surface area contributed by atoms with Gasteiger partial charge in [0.05, 0.1) is 7.11 Å². The molecule has 0 amide bonds. The molecule has 21 heavy (non-hydrogen) atoms. The zero-order valence-corrected chi connectivity index (χ0v) is 13.8. The van der Waals surface area contributed by atoms with Crippen LogP contribution in [-0.4, -0.2) is 32.0 Å². The molecule has 1 aliphatic heterocycles. The summed E-state index contributed by atoms with van der Waals surface area (Å²) in [6.45, 7) is 0.964. The fourth-order valence-corrected chi connectivity index (χ4v) is 3.30. The molecule has 114 valence electrons. The SMILES string of the molecule is COC(=O)CCCC1CCCN1c1ccc(Br)cc1C=O. The van der Waals surface area contributed by atoms with Crippen molar-refractivity contribution in [1.82, 2.24) is 0 Å². The maximum atomic E-state index is 11.3. The van der Waals surface area contributed by atoms with E-state index in [0.717, 1.165) is 48.7 Å². The lowest BCUT2D eigenvalue weighted by Gasteiger charge is -2.28.